The van der Waals surface area contributed by atoms with Crippen LogP contribution in [0.25, 0.3) is 0 Å². The molecule has 12 heavy (non-hydrogen) atoms. The number of hydrogen-bond donors (Lipinski definition) is 1. The normalized spacial score (nSPS) is 9.92. The summed E-state index contributed by atoms with van der Waals surface area (Å²) in [6, 6.07) is 3.19. The number of carbonyl (C=O) groups is 1. The van der Waals surface area contributed by atoms with Crippen molar-refractivity contribution in [1.82, 2.24) is 4.98 Å². The molecule has 64 valence electrons. The minimum absolute atomic E-state index is 0.000216. The molecule has 1 rings (SSSR count). The molecule has 4 heteroatoms. The van der Waals surface area contributed by atoms with E-state index in [9.17, 15) is 4.79 Å². The fourth-order valence-electron chi connectivity index (χ4n) is 0.907. The second-order valence-electron chi connectivity index (χ2n) is 2.45. The van der Waals surface area contributed by atoms with Gasteiger partial charge in [0.2, 0.25) is 0 Å². The maximum atomic E-state index is 11.1. The average Bonchev–Trinajstić information content (AvgIpc) is 2.01. The van der Waals surface area contributed by atoms with Crippen LogP contribution in [0.5, 0.6) is 0 Å². The Kier molecular flexibility index (Phi) is 2.78. The quantitative estimate of drug-likeness (QED) is 0.555. The lowest BCUT2D eigenvalue weighted by Crippen LogP contribution is -2.13. The molecule has 0 aromatic carbocycles. The van der Waals surface area contributed by atoms with E-state index < -0.39 is 0 Å². The van der Waals surface area contributed by atoms with Crippen LogP contribution in [0.2, 0.25) is 5.15 Å². The maximum Gasteiger partial charge on any atom is 0.176 e. The molecule has 3 nitrogen and oxygen atoms in total. The minimum Gasteiger partial charge on any atom is -0.324 e. The summed E-state index contributed by atoms with van der Waals surface area (Å²) in [5.74, 6) is -0.123. The minimum atomic E-state index is -0.123. The number of hydrogen-bond acceptors (Lipinski definition) is 3. The molecule has 0 bridgehead atoms. The van der Waals surface area contributed by atoms with E-state index in [1.165, 1.54) is 6.07 Å². The zero-order valence-corrected chi connectivity index (χ0v) is 7.43. The number of aromatic nitrogens is 1. The predicted octanol–water partition coefficient (Wildman–Crippen LogP) is 1.18. The standard InChI is InChI=1S/C8H9ClN2O/c1-5-2-6(7(12)4-10)3-8(9)11-5/h2-3H,4,10H2,1H3. The summed E-state index contributed by atoms with van der Waals surface area (Å²) in [6.45, 7) is 1.78. The summed E-state index contributed by atoms with van der Waals surface area (Å²) in [5, 5.41) is 0.326. The van der Waals surface area contributed by atoms with Gasteiger partial charge in [0.1, 0.15) is 5.15 Å². The van der Waals surface area contributed by atoms with E-state index >= 15 is 0 Å². The van der Waals surface area contributed by atoms with E-state index in [0.717, 1.165) is 5.69 Å². The number of pyridine rings is 1. The Morgan fingerprint density at radius 3 is 2.83 bits per heavy atom. The summed E-state index contributed by atoms with van der Waals surface area (Å²) < 4.78 is 0. The number of aryl methyl sites for hydroxylation is 1. The van der Waals surface area contributed by atoms with Gasteiger partial charge in [-0.3, -0.25) is 4.79 Å². The topological polar surface area (TPSA) is 56.0 Å². The highest BCUT2D eigenvalue weighted by Crippen LogP contribution is 2.10. The molecule has 0 radical (unpaired) electrons. The average molecular weight is 185 g/mol. The van der Waals surface area contributed by atoms with Crippen LogP contribution in [-0.2, 0) is 0 Å². The van der Waals surface area contributed by atoms with Gasteiger partial charge in [-0.2, -0.15) is 0 Å². The number of halogens is 1. The van der Waals surface area contributed by atoms with Crippen molar-refractivity contribution in [2.75, 3.05) is 6.54 Å². The van der Waals surface area contributed by atoms with Crippen molar-refractivity contribution in [3.63, 3.8) is 0 Å². The molecule has 1 aromatic heterocycles. The Hall–Kier alpha value is -0.930. The fourth-order valence-corrected chi connectivity index (χ4v) is 1.16. The molecule has 2 N–H and O–H groups in total. The molecule has 0 atom stereocenters. The van der Waals surface area contributed by atoms with Gasteiger partial charge in [-0.25, -0.2) is 4.98 Å². The second kappa shape index (κ2) is 3.65. The third-order valence-corrected chi connectivity index (χ3v) is 1.62. The lowest BCUT2D eigenvalue weighted by atomic mass is 10.1. The van der Waals surface area contributed by atoms with E-state index in [2.05, 4.69) is 4.98 Å². The number of ketones is 1. The molecule has 1 heterocycles. The zero-order chi connectivity index (χ0) is 9.14. The Labute approximate surface area is 75.6 Å². The van der Waals surface area contributed by atoms with Crippen molar-refractivity contribution in [2.45, 2.75) is 6.92 Å². The summed E-state index contributed by atoms with van der Waals surface area (Å²) in [6.07, 6.45) is 0. The predicted molar refractivity (Wildman–Crippen MR) is 47.4 cm³/mol. The Balaban J connectivity index is 3.08. The first kappa shape index (κ1) is 9.16. The van der Waals surface area contributed by atoms with Crippen LogP contribution in [-0.4, -0.2) is 17.3 Å². The van der Waals surface area contributed by atoms with Crippen molar-refractivity contribution in [3.8, 4) is 0 Å². The van der Waals surface area contributed by atoms with Gasteiger partial charge >= 0.3 is 0 Å². The van der Waals surface area contributed by atoms with E-state index in [-0.39, 0.29) is 12.3 Å². The lowest BCUT2D eigenvalue weighted by Gasteiger charge is -1.99. The van der Waals surface area contributed by atoms with Crippen LogP contribution in [0.1, 0.15) is 16.1 Å². The van der Waals surface area contributed by atoms with Crippen LogP contribution >= 0.6 is 11.6 Å². The Bertz CT molecular complexity index is 292. The first-order valence-corrected chi connectivity index (χ1v) is 3.88. The lowest BCUT2D eigenvalue weighted by molar-refractivity contribution is 0.100. The van der Waals surface area contributed by atoms with Gasteiger partial charge in [-0.1, -0.05) is 11.6 Å². The van der Waals surface area contributed by atoms with Crippen LogP contribution in [0.3, 0.4) is 0 Å². The first-order chi connectivity index (χ1) is 5.63. The third-order valence-electron chi connectivity index (χ3n) is 1.43. The van der Waals surface area contributed by atoms with Crippen molar-refractivity contribution in [2.24, 2.45) is 5.73 Å². The number of nitrogens with zero attached hydrogens (tertiary/aromatic N) is 1. The second-order valence-corrected chi connectivity index (χ2v) is 2.83. The largest absolute Gasteiger partial charge is 0.324 e. The van der Waals surface area contributed by atoms with Crippen molar-refractivity contribution in [3.05, 3.63) is 28.5 Å². The zero-order valence-electron chi connectivity index (χ0n) is 6.67. The highest BCUT2D eigenvalue weighted by Gasteiger charge is 2.04. The molecule has 0 aliphatic rings. The Morgan fingerprint density at radius 2 is 2.33 bits per heavy atom. The number of Topliss-reactive ketones (excluding diaryl/α,β-unsaturated/α-hetero) is 1. The monoisotopic (exact) mass is 184 g/mol. The summed E-state index contributed by atoms with van der Waals surface area (Å²) in [7, 11) is 0. The van der Waals surface area contributed by atoms with Gasteiger partial charge < -0.3 is 5.73 Å². The molecule has 0 aliphatic carbocycles. The van der Waals surface area contributed by atoms with Crippen LogP contribution < -0.4 is 5.73 Å². The fraction of sp³-hybridized carbons (Fsp3) is 0.250. The molecule has 0 saturated heterocycles. The van der Waals surface area contributed by atoms with Crippen LogP contribution in [0, 0.1) is 6.92 Å². The van der Waals surface area contributed by atoms with Crippen molar-refractivity contribution < 1.29 is 4.79 Å². The number of rotatable bonds is 2. The van der Waals surface area contributed by atoms with Crippen LogP contribution in [0.15, 0.2) is 12.1 Å². The molecule has 0 unspecified atom stereocenters. The molecule has 0 spiro atoms. The molecule has 0 saturated carbocycles. The van der Waals surface area contributed by atoms with E-state index in [1.807, 2.05) is 0 Å². The smallest absolute Gasteiger partial charge is 0.176 e. The molecular weight excluding hydrogens is 176 g/mol. The van der Waals surface area contributed by atoms with Crippen molar-refractivity contribution >= 4 is 17.4 Å². The van der Waals surface area contributed by atoms with Gasteiger partial charge in [-0.05, 0) is 19.1 Å². The third kappa shape index (κ3) is 2.03. The highest BCUT2D eigenvalue weighted by atomic mass is 35.5. The number of carbonyl (C=O) groups excluding carboxylic acids is 1. The SMILES string of the molecule is Cc1cc(C(=O)CN)cc(Cl)n1. The first-order valence-electron chi connectivity index (χ1n) is 3.51. The van der Waals surface area contributed by atoms with Crippen LogP contribution in [0.4, 0.5) is 0 Å². The maximum absolute atomic E-state index is 11.1. The van der Waals surface area contributed by atoms with Gasteiger partial charge in [-0.15, -0.1) is 0 Å². The summed E-state index contributed by atoms with van der Waals surface area (Å²) >= 11 is 5.65. The van der Waals surface area contributed by atoms with E-state index in [1.54, 1.807) is 13.0 Å². The number of nitrogens with two attached hydrogens (primary N) is 1. The molecule has 1 aromatic rings. The van der Waals surface area contributed by atoms with E-state index in [0.29, 0.717) is 10.7 Å². The van der Waals surface area contributed by atoms with Gasteiger partial charge in [0.05, 0.1) is 6.54 Å². The van der Waals surface area contributed by atoms with Gasteiger partial charge in [0.25, 0.3) is 0 Å². The molecular formula is C8H9ClN2O. The molecule has 0 aliphatic heterocycles. The molecule has 0 fully saturated rings. The van der Waals surface area contributed by atoms with E-state index in [4.69, 9.17) is 17.3 Å². The Morgan fingerprint density at radius 1 is 1.67 bits per heavy atom. The summed E-state index contributed by atoms with van der Waals surface area (Å²) in [4.78, 5) is 15.0. The van der Waals surface area contributed by atoms with Gasteiger partial charge in [0.15, 0.2) is 5.78 Å². The highest BCUT2D eigenvalue weighted by molar-refractivity contribution is 6.29. The summed E-state index contributed by atoms with van der Waals surface area (Å²) in [5.41, 5.74) is 6.44. The molecule has 0 amide bonds. The van der Waals surface area contributed by atoms with Crippen molar-refractivity contribution in [1.29, 1.82) is 0 Å². The van der Waals surface area contributed by atoms with Gasteiger partial charge in [0, 0.05) is 11.3 Å².